The third kappa shape index (κ3) is 8.52. The van der Waals surface area contributed by atoms with E-state index in [9.17, 15) is 14.0 Å². The zero-order chi connectivity index (χ0) is 25.9. The fourth-order valence-electron chi connectivity index (χ4n) is 3.93. The summed E-state index contributed by atoms with van der Waals surface area (Å²) in [5, 5.41) is 2.99. The van der Waals surface area contributed by atoms with Gasteiger partial charge in [-0.05, 0) is 30.0 Å². The van der Waals surface area contributed by atoms with Crippen molar-refractivity contribution in [1.82, 2.24) is 10.2 Å². The molecule has 4 nitrogen and oxygen atoms in total. The van der Waals surface area contributed by atoms with E-state index in [0.29, 0.717) is 24.3 Å². The molecule has 0 spiro atoms. The van der Waals surface area contributed by atoms with Gasteiger partial charge in [0, 0.05) is 30.8 Å². The van der Waals surface area contributed by atoms with Gasteiger partial charge < -0.3 is 10.2 Å². The number of nitrogens with one attached hydrogen (secondary N) is 1. The van der Waals surface area contributed by atoms with E-state index >= 15 is 0 Å². The average Bonchev–Trinajstić information content (AvgIpc) is 2.86. The molecule has 6 heteroatoms. The van der Waals surface area contributed by atoms with Crippen LogP contribution in [0.4, 0.5) is 4.39 Å². The van der Waals surface area contributed by atoms with Crippen molar-refractivity contribution in [2.45, 2.75) is 45.5 Å². The van der Waals surface area contributed by atoms with Gasteiger partial charge in [0.05, 0.1) is 5.75 Å². The number of benzene rings is 3. The van der Waals surface area contributed by atoms with Crippen molar-refractivity contribution in [2.75, 3.05) is 12.3 Å². The van der Waals surface area contributed by atoms with Crippen molar-refractivity contribution in [1.29, 1.82) is 0 Å². The zero-order valence-electron chi connectivity index (χ0n) is 21.2. The summed E-state index contributed by atoms with van der Waals surface area (Å²) in [5.41, 5.74) is 3.65. The van der Waals surface area contributed by atoms with Gasteiger partial charge in [-0.2, -0.15) is 0 Å². The average molecular weight is 507 g/mol. The van der Waals surface area contributed by atoms with Crippen LogP contribution in [-0.4, -0.2) is 35.1 Å². The molecular formula is C30H35FN2O2S. The molecule has 0 aliphatic heterocycles. The number of nitrogens with zero attached hydrogens (tertiary/aromatic N) is 1. The molecule has 0 saturated heterocycles. The summed E-state index contributed by atoms with van der Waals surface area (Å²) in [5.74, 6) is 0.364. The van der Waals surface area contributed by atoms with E-state index in [0.717, 1.165) is 11.1 Å². The van der Waals surface area contributed by atoms with Gasteiger partial charge >= 0.3 is 0 Å². The van der Waals surface area contributed by atoms with Crippen molar-refractivity contribution in [3.05, 3.63) is 107 Å². The lowest BCUT2D eigenvalue weighted by atomic mass is 10.0. The van der Waals surface area contributed by atoms with Crippen LogP contribution in [0, 0.1) is 18.7 Å². The Labute approximate surface area is 218 Å². The first-order chi connectivity index (χ1) is 17.3. The van der Waals surface area contributed by atoms with Gasteiger partial charge in [0.25, 0.3) is 0 Å². The number of amides is 2. The second-order valence-corrected chi connectivity index (χ2v) is 10.4. The number of thioether (sulfide) groups is 1. The van der Waals surface area contributed by atoms with E-state index in [2.05, 4.69) is 11.4 Å². The van der Waals surface area contributed by atoms with Gasteiger partial charge in [0.2, 0.25) is 11.8 Å². The molecule has 36 heavy (non-hydrogen) atoms. The Kier molecular flexibility index (Phi) is 10.6. The third-order valence-electron chi connectivity index (χ3n) is 5.83. The molecule has 3 rings (SSSR count). The van der Waals surface area contributed by atoms with Crippen molar-refractivity contribution in [3.63, 3.8) is 0 Å². The number of rotatable bonds is 12. The first-order valence-corrected chi connectivity index (χ1v) is 13.5. The Hall–Kier alpha value is -3.12. The largest absolute Gasteiger partial charge is 0.354 e. The summed E-state index contributed by atoms with van der Waals surface area (Å²) in [6.07, 6.45) is 0.355. The molecule has 1 N–H and O–H groups in total. The lowest BCUT2D eigenvalue weighted by Crippen LogP contribution is -2.51. The Balaban J connectivity index is 1.85. The van der Waals surface area contributed by atoms with Crippen molar-refractivity contribution < 1.29 is 14.0 Å². The smallest absolute Gasteiger partial charge is 0.243 e. The van der Waals surface area contributed by atoms with E-state index < -0.39 is 6.04 Å². The van der Waals surface area contributed by atoms with Crippen molar-refractivity contribution in [3.8, 4) is 0 Å². The Morgan fingerprint density at radius 3 is 2.33 bits per heavy atom. The standard InChI is InChI=1S/C30H35FN2O2S/c1-22(2)18-32-30(35)28(17-24-11-5-4-6-12-24)33(19-26-14-7-8-15-27(26)31)29(34)21-36-20-25-13-9-10-23(3)16-25/h4-16,22,28H,17-21H2,1-3H3,(H,32,35)/t28-/m1/s1. The Morgan fingerprint density at radius 1 is 0.944 bits per heavy atom. The minimum absolute atomic E-state index is 0.0309. The monoisotopic (exact) mass is 506 g/mol. The number of hydrogen-bond acceptors (Lipinski definition) is 3. The first kappa shape index (κ1) is 27.5. The summed E-state index contributed by atoms with van der Waals surface area (Å²) < 4.78 is 14.6. The fraction of sp³-hybridized carbons (Fsp3) is 0.333. The highest BCUT2D eigenvalue weighted by atomic mass is 32.2. The molecular weight excluding hydrogens is 471 g/mol. The molecule has 2 amide bonds. The molecule has 0 aliphatic carbocycles. The van der Waals surface area contributed by atoms with Crippen LogP contribution >= 0.6 is 11.8 Å². The van der Waals surface area contributed by atoms with Crippen LogP contribution in [0.5, 0.6) is 0 Å². The van der Waals surface area contributed by atoms with Crippen molar-refractivity contribution in [2.24, 2.45) is 5.92 Å². The van der Waals surface area contributed by atoms with Crippen LogP contribution in [0.1, 0.15) is 36.1 Å². The number of halogens is 1. The summed E-state index contributed by atoms with van der Waals surface area (Å²) >= 11 is 1.50. The lowest BCUT2D eigenvalue weighted by molar-refractivity contribution is -0.139. The van der Waals surface area contributed by atoms with E-state index in [-0.39, 0.29) is 35.8 Å². The van der Waals surface area contributed by atoms with Gasteiger partial charge in [0.1, 0.15) is 11.9 Å². The maximum Gasteiger partial charge on any atom is 0.243 e. The highest BCUT2D eigenvalue weighted by Gasteiger charge is 2.30. The maximum absolute atomic E-state index is 14.6. The van der Waals surface area contributed by atoms with Gasteiger partial charge in [0.15, 0.2) is 0 Å². The van der Waals surface area contributed by atoms with Crippen LogP contribution in [0.25, 0.3) is 0 Å². The molecule has 0 saturated carbocycles. The molecule has 0 unspecified atom stereocenters. The molecule has 1 atom stereocenters. The number of carbonyl (C=O) groups excluding carboxylic acids is 2. The zero-order valence-corrected chi connectivity index (χ0v) is 22.1. The summed E-state index contributed by atoms with van der Waals surface area (Å²) in [4.78, 5) is 28.5. The SMILES string of the molecule is Cc1cccc(CSCC(=O)N(Cc2ccccc2F)[C@H](Cc2ccccc2)C(=O)NCC(C)C)c1. The van der Waals surface area contributed by atoms with E-state index in [1.54, 1.807) is 23.1 Å². The van der Waals surface area contributed by atoms with Crippen LogP contribution in [-0.2, 0) is 28.3 Å². The van der Waals surface area contributed by atoms with Crippen molar-refractivity contribution >= 4 is 23.6 Å². The second kappa shape index (κ2) is 13.8. The normalized spacial score (nSPS) is 11.8. The molecule has 3 aromatic carbocycles. The number of aryl methyl sites for hydroxylation is 1. The van der Waals surface area contributed by atoms with Gasteiger partial charge in [-0.3, -0.25) is 9.59 Å². The van der Waals surface area contributed by atoms with Crippen LogP contribution in [0.15, 0.2) is 78.9 Å². The van der Waals surface area contributed by atoms with Gasteiger partial charge in [-0.1, -0.05) is 92.2 Å². The molecule has 0 heterocycles. The lowest BCUT2D eigenvalue weighted by Gasteiger charge is -2.32. The first-order valence-electron chi connectivity index (χ1n) is 12.3. The Bertz CT molecular complexity index is 1140. The Morgan fingerprint density at radius 2 is 1.64 bits per heavy atom. The highest BCUT2D eigenvalue weighted by Crippen LogP contribution is 2.20. The number of carbonyl (C=O) groups is 2. The predicted octanol–water partition coefficient (Wildman–Crippen LogP) is 5.78. The fourth-order valence-corrected chi connectivity index (χ4v) is 4.79. The molecule has 0 radical (unpaired) electrons. The maximum atomic E-state index is 14.6. The summed E-state index contributed by atoms with van der Waals surface area (Å²) in [6, 6.07) is 23.5. The molecule has 0 aromatic heterocycles. The molecule has 0 aliphatic rings. The van der Waals surface area contributed by atoms with Crippen LogP contribution in [0.3, 0.4) is 0 Å². The van der Waals surface area contributed by atoms with E-state index in [1.807, 2.05) is 69.3 Å². The third-order valence-corrected chi connectivity index (χ3v) is 6.82. The topological polar surface area (TPSA) is 49.4 Å². The van der Waals surface area contributed by atoms with E-state index in [4.69, 9.17) is 0 Å². The number of hydrogen-bond donors (Lipinski definition) is 1. The van der Waals surface area contributed by atoms with Gasteiger partial charge in [-0.15, -0.1) is 11.8 Å². The minimum atomic E-state index is -0.752. The quantitative estimate of drug-likeness (QED) is 0.339. The molecule has 3 aromatic rings. The minimum Gasteiger partial charge on any atom is -0.354 e. The summed E-state index contributed by atoms with van der Waals surface area (Å²) in [7, 11) is 0. The van der Waals surface area contributed by atoms with Crippen LogP contribution < -0.4 is 5.32 Å². The van der Waals surface area contributed by atoms with Crippen LogP contribution in [0.2, 0.25) is 0 Å². The predicted molar refractivity (Wildman–Crippen MR) is 146 cm³/mol. The molecule has 0 bridgehead atoms. The van der Waals surface area contributed by atoms with E-state index in [1.165, 1.54) is 23.4 Å². The van der Waals surface area contributed by atoms with Gasteiger partial charge in [-0.25, -0.2) is 4.39 Å². The highest BCUT2D eigenvalue weighted by molar-refractivity contribution is 7.99. The second-order valence-electron chi connectivity index (χ2n) is 9.44. The summed E-state index contributed by atoms with van der Waals surface area (Å²) in [6.45, 7) is 6.63. The molecule has 0 fully saturated rings. The molecule has 190 valence electrons.